The van der Waals surface area contributed by atoms with E-state index in [0.29, 0.717) is 6.42 Å². The fraction of sp³-hybridized carbons (Fsp3) is 0.385. The van der Waals surface area contributed by atoms with E-state index >= 15 is 0 Å². The number of hydrogen-bond acceptors (Lipinski definition) is 3. The Kier molecular flexibility index (Phi) is 5.35. The predicted molar refractivity (Wildman–Crippen MR) is 74.0 cm³/mol. The van der Waals surface area contributed by atoms with Crippen LogP contribution in [-0.2, 0) is 16.0 Å². The van der Waals surface area contributed by atoms with Gasteiger partial charge >= 0.3 is 12.1 Å². The molecule has 1 rings (SSSR count). The van der Waals surface area contributed by atoms with Crippen LogP contribution in [0.15, 0.2) is 28.7 Å². The molecule has 0 bridgehead atoms. The molecule has 0 aliphatic heterocycles. The maximum absolute atomic E-state index is 11.4. The second-order valence-corrected chi connectivity index (χ2v) is 5.62. The normalized spacial score (nSPS) is 10.9. The summed E-state index contributed by atoms with van der Waals surface area (Å²) in [7, 11) is 0. The zero-order valence-electron chi connectivity index (χ0n) is 10.8. The molecule has 6 heteroatoms. The Balaban J connectivity index is 2.56. The predicted octanol–water partition coefficient (Wildman–Crippen LogP) is 2.58. The summed E-state index contributed by atoms with van der Waals surface area (Å²) in [6, 6.07) is 7.70. The number of alkyl carbamates (subject to hydrolysis) is 1. The van der Waals surface area contributed by atoms with Gasteiger partial charge in [-0.15, -0.1) is 0 Å². The molecular formula is C13H16BrNO4. The van der Waals surface area contributed by atoms with Crippen molar-refractivity contribution in [1.82, 2.24) is 5.32 Å². The minimum absolute atomic E-state index is 0.453. The Morgan fingerprint density at radius 2 is 2.11 bits per heavy atom. The molecule has 0 radical (unpaired) electrons. The largest absolute Gasteiger partial charge is 0.480 e. The molecule has 0 heterocycles. The third-order valence-corrected chi connectivity index (χ3v) is 2.77. The van der Waals surface area contributed by atoms with Gasteiger partial charge < -0.3 is 15.2 Å². The summed E-state index contributed by atoms with van der Waals surface area (Å²) in [5.41, 5.74) is 0.300. The summed E-state index contributed by atoms with van der Waals surface area (Å²) < 4.78 is 6.16. The average molecular weight is 330 g/mol. The third-order valence-electron chi connectivity index (χ3n) is 2.27. The number of carbonyl (C=O) groups is 2. The van der Waals surface area contributed by atoms with E-state index in [0.717, 1.165) is 10.0 Å². The summed E-state index contributed by atoms with van der Waals surface area (Å²) in [4.78, 5) is 21.7. The number of rotatable bonds is 5. The number of amides is 1. The SMILES string of the molecule is CC(C)(Cc1cccc(Br)c1)OC(=O)NCC(=O)O. The van der Waals surface area contributed by atoms with Crippen LogP contribution < -0.4 is 5.32 Å². The van der Waals surface area contributed by atoms with E-state index in [1.807, 2.05) is 24.3 Å². The molecule has 0 atom stereocenters. The number of carboxylic acids is 1. The lowest BCUT2D eigenvalue weighted by Gasteiger charge is -2.25. The third kappa shape index (κ3) is 6.24. The molecule has 1 amide bonds. The van der Waals surface area contributed by atoms with Crippen LogP contribution in [0.25, 0.3) is 0 Å². The topological polar surface area (TPSA) is 75.6 Å². The van der Waals surface area contributed by atoms with Crippen LogP contribution >= 0.6 is 15.9 Å². The number of halogens is 1. The summed E-state index contributed by atoms with van der Waals surface area (Å²) in [6.07, 6.45) is -0.199. The Labute approximate surface area is 120 Å². The number of benzene rings is 1. The van der Waals surface area contributed by atoms with Crippen LogP contribution in [0.5, 0.6) is 0 Å². The highest BCUT2D eigenvalue weighted by Crippen LogP contribution is 2.20. The molecule has 0 aliphatic carbocycles. The molecule has 2 N–H and O–H groups in total. The quantitative estimate of drug-likeness (QED) is 0.870. The molecule has 19 heavy (non-hydrogen) atoms. The Hall–Kier alpha value is -1.56. The monoisotopic (exact) mass is 329 g/mol. The van der Waals surface area contributed by atoms with E-state index in [9.17, 15) is 9.59 Å². The number of ether oxygens (including phenoxy) is 1. The van der Waals surface area contributed by atoms with Crippen molar-refractivity contribution in [2.45, 2.75) is 25.9 Å². The second kappa shape index (κ2) is 6.56. The fourth-order valence-electron chi connectivity index (χ4n) is 1.61. The highest BCUT2D eigenvalue weighted by atomic mass is 79.9. The van der Waals surface area contributed by atoms with Gasteiger partial charge in [-0.25, -0.2) is 4.79 Å². The highest BCUT2D eigenvalue weighted by Gasteiger charge is 2.23. The minimum Gasteiger partial charge on any atom is -0.480 e. The van der Waals surface area contributed by atoms with Crippen LogP contribution in [0.2, 0.25) is 0 Å². The van der Waals surface area contributed by atoms with Crippen molar-refractivity contribution in [3.05, 3.63) is 34.3 Å². The molecule has 0 saturated heterocycles. The van der Waals surface area contributed by atoms with Gasteiger partial charge in [-0.2, -0.15) is 0 Å². The van der Waals surface area contributed by atoms with E-state index in [-0.39, 0.29) is 0 Å². The van der Waals surface area contributed by atoms with Crippen molar-refractivity contribution in [2.75, 3.05) is 6.54 Å². The zero-order chi connectivity index (χ0) is 14.5. The van der Waals surface area contributed by atoms with Crippen molar-refractivity contribution in [1.29, 1.82) is 0 Å². The molecule has 1 aromatic rings. The number of aliphatic carboxylic acids is 1. The molecule has 1 aromatic carbocycles. The van der Waals surface area contributed by atoms with Crippen molar-refractivity contribution >= 4 is 28.0 Å². The Morgan fingerprint density at radius 1 is 1.42 bits per heavy atom. The summed E-state index contributed by atoms with van der Waals surface area (Å²) in [6.45, 7) is 3.09. The lowest BCUT2D eigenvalue weighted by Crippen LogP contribution is -2.38. The highest BCUT2D eigenvalue weighted by molar-refractivity contribution is 9.10. The first-order chi connectivity index (χ1) is 8.78. The van der Waals surface area contributed by atoms with Crippen LogP contribution in [0.4, 0.5) is 4.79 Å². The second-order valence-electron chi connectivity index (χ2n) is 4.70. The summed E-state index contributed by atoms with van der Waals surface area (Å²) in [5, 5.41) is 10.6. The summed E-state index contributed by atoms with van der Waals surface area (Å²) in [5.74, 6) is -1.11. The Morgan fingerprint density at radius 3 is 2.68 bits per heavy atom. The molecule has 104 valence electrons. The first kappa shape index (κ1) is 15.5. The lowest BCUT2D eigenvalue weighted by atomic mass is 9.98. The van der Waals surface area contributed by atoms with Crippen LogP contribution in [0.1, 0.15) is 19.4 Å². The van der Waals surface area contributed by atoms with Crippen molar-refractivity contribution in [2.24, 2.45) is 0 Å². The van der Waals surface area contributed by atoms with Gasteiger partial charge in [-0.1, -0.05) is 28.1 Å². The standard InChI is InChI=1S/C13H16BrNO4/c1-13(2,19-12(18)15-8-11(16)17)7-9-4-3-5-10(14)6-9/h3-6H,7-8H2,1-2H3,(H,15,18)(H,16,17). The van der Waals surface area contributed by atoms with Crippen molar-refractivity contribution in [3.63, 3.8) is 0 Å². The van der Waals surface area contributed by atoms with Gasteiger partial charge in [0.05, 0.1) is 0 Å². The number of carboxylic acid groups (broad SMARTS) is 1. The van der Waals surface area contributed by atoms with E-state index in [1.165, 1.54) is 0 Å². The lowest BCUT2D eigenvalue weighted by molar-refractivity contribution is -0.136. The minimum atomic E-state index is -1.11. The molecule has 0 saturated carbocycles. The number of nitrogens with one attached hydrogen (secondary N) is 1. The first-order valence-corrected chi connectivity index (χ1v) is 6.51. The molecule has 0 aliphatic rings. The van der Waals surface area contributed by atoms with Gasteiger partial charge in [-0.05, 0) is 31.5 Å². The Bertz CT molecular complexity index is 473. The molecular weight excluding hydrogens is 314 g/mol. The maximum atomic E-state index is 11.4. The van der Waals surface area contributed by atoms with Crippen molar-refractivity contribution < 1.29 is 19.4 Å². The van der Waals surface area contributed by atoms with Gasteiger partial charge in [0.2, 0.25) is 0 Å². The number of carbonyl (C=O) groups excluding carboxylic acids is 1. The fourth-order valence-corrected chi connectivity index (χ4v) is 2.06. The van der Waals surface area contributed by atoms with Gasteiger partial charge in [0.15, 0.2) is 0 Å². The van der Waals surface area contributed by atoms with Gasteiger partial charge in [0.1, 0.15) is 12.1 Å². The average Bonchev–Trinajstić information content (AvgIpc) is 2.24. The zero-order valence-corrected chi connectivity index (χ0v) is 12.4. The molecule has 0 spiro atoms. The van der Waals surface area contributed by atoms with Crippen LogP contribution in [-0.4, -0.2) is 29.3 Å². The molecule has 0 unspecified atom stereocenters. The van der Waals surface area contributed by atoms with E-state index < -0.39 is 24.2 Å². The van der Waals surface area contributed by atoms with Gasteiger partial charge in [0, 0.05) is 10.9 Å². The number of hydrogen-bond donors (Lipinski definition) is 2. The van der Waals surface area contributed by atoms with Gasteiger partial charge in [0.25, 0.3) is 0 Å². The molecule has 5 nitrogen and oxygen atoms in total. The van der Waals surface area contributed by atoms with Crippen LogP contribution in [0, 0.1) is 0 Å². The van der Waals surface area contributed by atoms with Gasteiger partial charge in [-0.3, -0.25) is 4.79 Å². The molecule has 0 aromatic heterocycles. The van der Waals surface area contributed by atoms with E-state index in [4.69, 9.17) is 9.84 Å². The smallest absolute Gasteiger partial charge is 0.408 e. The van der Waals surface area contributed by atoms with E-state index in [2.05, 4.69) is 21.2 Å². The summed E-state index contributed by atoms with van der Waals surface area (Å²) >= 11 is 3.38. The first-order valence-electron chi connectivity index (χ1n) is 5.71. The molecule has 0 fully saturated rings. The van der Waals surface area contributed by atoms with Crippen LogP contribution in [0.3, 0.4) is 0 Å². The van der Waals surface area contributed by atoms with Crippen molar-refractivity contribution in [3.8, 4) is 0 Å². The maximum Gasteiger partial charge on any atom is 0.408 e. The van der Waals surface area contributed by atoms with E-state index in [1.54, 1.807) is 13.8 Å².